The van der Waals surface area contributed by atoms with Gasteiger partial charge in [0.05, 0.1) is 7.11 Å². The molecule has 2 aliphatic heterocycles. The number of ether oxygens (including phenoxy) is 1. The first-order valence-electron chi connectivity index (χ1n) is 9.30. The minimum atomic E-state index is 0.254. The van der Waals surface area contributed by atoms with E-state index in [0.717, 1.165) is 37.4 Å². The van der Waals surface area contributed by atoms with E-state index in [4.69, 9.17) is 4.74 Å². The number of hydrogen-bond acceptors (Lipinski definition) is 4. The first-order valence-corrected chi connectivity index (χ1v) is 10.1. The van der Waals surface area contributed by atoms with E-state index in [9.17, 15) is 5.11 Å². The van der Waals surface area contributed by atoms with Crippen molar-refractivity contribution in [3.63, 3.8) is 0 Å². The van der Waals surface area contributed by atoms with Gasteiger partial charge in [0.15, 0.2) is 11.5 Å². The number of phenolic OH excluding ortho intramolecular Hbond substituents is 1. The summed E-state index contributed by atoms with van der Waals surface area (Å²) >= 11 is 2.03. The SMILES string of the molecule is COc1c(O)ccc2c1CN1CCc3sc(CCC(C)C)cc3[C@@H]1C2. The highest BCUT2D eigenvalue weighted by Crippen LogP contribution is 2.45. The standard InChI is InChI=1S/C21H27NO2S/c1-13(2)4-6-15-11-16-18-10-14-5-7-19(23)21(24-3)17(14)12-22(18)9-8-20(16)25-15/h5,7,11,13,18,23H,4,6,8-10,12H2,1-3H3/t18-/m0/s1. The van der Waals surface area contributed by atoms with E-state index in [0.29, 0.717) is 11.8 Å². The fraction of sp³-hybridized carbons (Fsp3) is 0.524. The Morgan fingerprint density at radius 1 is 1.36 bits per heavy atom. The Labute approximate surface area is 154 Å². The Kier molecular flexibility index (Phi) is 4.50. The monoisotopic (exact) mass is 357 g/mol. The molecular weight excluding hydrogens is 330 g/mol. The molecule has 1 N–H and O–H groups in total. The molecule has 4 heteroatoms. The number of rotatable bonds is 4. The third-order valence-corrected chi connectivity index (χ3v) is 6.87. The van der Waals surface area contributed by atoms with Gasteiger partial charge in [-0.2, -0.15) is 0 Å². The molecule has 1 atom stereocenters. The van der Waals surface area contributed by atoms with Gasteiger partial charge < -0.3 is 9.84 Å². The fourth-order valence-electron chi connectivity index (χ4n) is 4.22. The van der Waals surface area contributed by atoms with Crippen molar-refractivity contribution in [2.75, 3.05) is 13.7 Å². The number of thiophene rings is 1. The van der Waals surface area contributed by atoms with E-state index >= 15 is 0 Å². The van der Waals surface area contributed by atoms with Gasteiger partial charge >= 0.3 is 0 Å². The number of aromatic hydroxyl groups is 1. The molecule has 25 heavy (non-hydrogen) atoms. The highest BCUT2D eigenvalue weighted by Gasteiger charge is 2.35. The third kappa shape index (κ3) is 3.06. The zero-order chi connectivity index (χ0) is 17.6. The first kappa shape index (κ1) is 16.9. The van der Waals surface area contributed by atoms with E-state index in [-0.39, 0.29) is 5.75 Å². The van der Waals surface area contributed by atoms with Crippen molar-refractivity contribution < 1.29 is 9.84 Å². The molecule has 0 fully saturated rings. The highest BCUT2D eigenvalue weighted by atomic mass is 32.1. The van der Waals surface area contributed by atoms with Gasteiger partial charge in [0.2, 0.25) is 0 Å². The summed E-state index contributed by atoms with van der Waals surface area (Å²) in [5.41, 5.74) is 4.03. The van der Waals surface area contributed by atoms with Gasteiger partial charge in [0.25, 0.3) is 0 Å². The average Bonchev–Trinajstić information content (AvgIpc) is 3.02. The van der Waals surface area contributed by atoms with Crippen molar-refractivity contribution in [3.05, 3.63) is 44.6 Å². The van der Waals surface area contributed by atoms with Crippen molar-refractivity contribution >= 4 is 11.3 Å². The predicted octanol–water partition coefficient (Wildman–Crippen LogP) is 4.71. The molecule has 0 spiro atoms. The molecule has 0 radical (unpaired) electrons. The second-order valence-corrected chi connectivity index (χ2v) is 8.94. The molecule has 0 saturated heterocycles. The van der Waals surface area contributed by atoms with E-state index < -0.39 is 0 Å². The van der Waals surface area contributed by atoms with Gasteiger partial charge in [0, 0.05) is 34.4 Å². The molecule has 1 aromatic heterocycles. The molecule has 0 unspecified atom stereocenters. The summed E-state index contributed by atoms with van der Waals surface area (Å²) in [7, 11) is 1.65. The molecule has 134 valence electrons. The number of phenols is 1. The second kappa shape index (κ2) is 6.65. The van der Waals surface area contributed by atoms with Crippen LogP contribution < -0.4 is 4.74 Å². The Balaban J connectivity index is 1.64. The highest BCUT2D eigenvalue weighted by molar-refractivity contribution is 7.12. The van der Waals surface area contributed by atoms with Gasteiger partial charge in [-0.05, 0) is 54.9 Å². The van der Waals surface area contributed by atoms with Crippen LogP contribution in [0.5, 0.6) is 11.5 Å². The summed E-state index contributed by atoms with van der Waals surface area (Å²) in [5, 5.41) is 10.1. The topological polar surface area (TPSA) is 32.7 Å². The third-order valence-electron chi connectivity index (χ3n) is 5.60. The number of hydrogen-bond donors (Lipinski definition) is 1. The predicted molar refractivity (Wildman–Crippen MR) is 103 cm³/mol. The Morgan fingerprint density at radius 3 is 2.96 bits per heavy atom. The fourth-order valence-corrected chi connectivity index (χ4v) is 5.45. The van der Waals surface area contributed by atoms with Gasteiger partial charge in [-0.1, -0.05) is 19.9 Å². The Hall–Kier alpha value is -1.52. The van der Waals surface area contributed by atoms with E-state index in [1.54, 1.807) is 28.5 Å². The summed E-state index contributed by atoms with van der Waals surface area (Å²) in [4.78, 5) is 5.70. The number of methoxy groups -OCH3 is 1. The van der Waals surface area contributed by atoms with Crippen LogP contribution in [0.3, 0.4) is 0 Å². The second-order valence-electron chi connectivity index (χ2n) is 7.72. The summed E-state index contributed by atoms with van der Waals surface area (Å²) in [6, 6.07) is 6.81. The van der Waals surface area contributed by atoms with E-state index in [1.165, 1.54) is 18.4 Å². The molecule has 0 aliphatic carbocycles. The number of aryl methyl sites for hydroxylation is 1. The average molecular weight is 358 g/mol. The van der Waals surface area contributed by atoms with Crippen LogP contribution >= 0.6 is 11.3 Å². The Morgan fingerprint density at radius 2 is 2.20 bits per heavy atom. The van der Waals surface area contributed by atoms with Gasteiger partial charge in [-0.25, -0.2) is 0 Å². The quantitative estimate of drug-likeness (QED) is 0.860. The largest absolute Gasteiger partial charge is 0.504 e. The lowest BCUT2D eigenvalue weighted by Crippen LogP contribution is -2.38. The van der Waals surface area contributed by atoms with E-state index in [1.807, 2.05) is 11.3 Å². The van der Waals surface area contributed by atoms with Crippen molar-refractivity contribution in [1.29, 1.82) is 0 Å². The molecule has 0 amide bonds. The molecule has 0 saturated carbocycles. The summed E-state index contributed by atoms with van der Waals surface area (Å²) in [5.74, 6) is 1.67. The van der Waals surface area contributed by atoms with Crippen LogP contribution in [0, 0.1) is 5.92 Å². The van der Waals surface area contributed by atoms with Crippen LogP contribution in [0.2, 0.25) is 0 Å². The van der Waals surface area contributed by atoms with Crippen molar-refractivity contribution in [2.45, 2.75) is 52.1 Å². The maximum Gasteiger partial charge on any atom is 0.165 e. The van der Waals surface area contributed by atoms with Crippen LogP contribution in [-0.2, 0) is 25.8 Å². The van der Waals surface area contributed by atoms with E-state index in [2.05, 4.69) is 30.9 Å². The lowest BCUT2D eigenvalue weighted by molar-refractivity contribution is 0.159. The molecular formula is C21H27NO2S. The molecule has 2 aliphatic rings. The molecule has 2 aromatic rings. The van der Waals surface area contributed by atoms with Crippen LogP contribution in [0.15, 0.2) is 18.2 Å². The van der Waals surface area contributed by atoms with Crippen molar-refractivity contribution in [1.82, 2.24) is 4.90 Å². The van der Waals surface area contributed by atoms with Crippen molar-refractivity contribution in [3.8, 4) is 11.5 Å². The summed E-state index contributed by atoms with van der Waals surface area (Å²) < 4.78 is 5.48. The number of nitrogens with zero attached hydrogens (tertiary/aromatic N) is 1. The van der Waals surface area contributed by atoms with Crippen molar-refractivity contribution in [2.24, 2.45) is 5.92 Å². The smallest absolute Gasteiger partial charge is 0.165 e. The number of benzene rings is 1. The molecule has 4 rings (SSSR count). The first-order chi connectivity index (χ1) is 12.1. The zero-order valence-corrected chi connectivity index (χ0v) is 16.2. The zero-order valence-electron chi connectivity index (χ0n) is 15.3. The maximum atomic E-state index is 10.1. The maximum absolute atomic E-state index is 10.1. The summed E-state index contributed by atoms with van der Waals surface area (Å²) in [6.07, 6.45) is 4.64. The lowest BCUT2D eigenvalue weighted by Gasteiger charge is -2.40. The Bertz CT molecular complexity index is 780. The molecule has 0 bridgehead atoms. The molecule has 1 aromatic carbocycles. The minimum absolute atomic E-state index is 0.254. The van der Waals surface area contributed by atoms with Gasteiger partial charge in [-0.15, -0.1) is 11.3 Å². The van der Waals surface area contributed by atoms with Crippen LogP contribution in [-0.4, -0.2) is 23.7 Å². The van der Waals surface area contributed by atoms with Gasteiger partial charge in [-0.3, -0.25) is 4.90 Å². The molecule has 3 nitrogen and oxygen atoms in total. The van der Waals surface area contributed by atoms with Crippen LogP contribution in [0.25, 0.3) is 0 Å². The summed E-state index contributed by atoms with van der Waals surface area (Å²) in [6.45, 7) is 6.57. The molecule has 3 heterocycles. The minimum Gasteiger partial charge on any atom is -0.504 e. The number of fused-ring (bicyclic) bond motifs is 4. The van der Waals surface area contributed by atoms with Gasteiger partial charge in [0.1, 0.15) is 0 Å². The van der Waals surface area contributed by atoms with Crippen LogP contribution in [0.4, 0.5) is 0 Å². The lowest BCUT2D eigenvalue weighted by atomic mass is 9.86. The normalized spacial score (nSPS) is 19.4. The van der Waals surface area contributed by atoms with Crippen LogP contribution in [0.1, 0.15) is 52.8 Å².